The minimum absolute atomic E-state index is 0.00329. The van der Waals surface area contributed by atoms with Crippen LogP contribution in [0.1, 0.15) is 39.9 Å². The minimum Gasteiger partial charge on any atom is -0.363 e. The zero-order chi connectivity index (χ0) is 25.7. The van der Waals surface area contributed by atoms with Crippen molar-refractivity contribution in [3.05, 3.63) is 82.9 Å². The smallest absolute Gasteiger partial charge is 0.363 e. The molecule has 1 aliphatic rings. The van der Waals surface area contributed by atoms with Crippen molar-refractivity contribution in [2.75, 3.05) is 16.8 Å². The van der Waals surface area contributed by atoms with Crippen molar-refractivity contribution in [1.29, 1.82) is 5.26 Å². The van der Waals surface area contributed by atoms with Crippen LogP contribution in [0.4, 0.5) is 29.2 Å². The Labute approximate surface area is 204 Å². The fourth-order valence-electron chi connectivity index (χ4n) is 3.66. The van der Waals surface area contributed by atoms with E-state index >= 15 is 4.39 Å². The number of carbonyl (C=O) groups is 1. The van der Waals surface area contributed by atoms with E-state index in [1.54, 1.807) is 35.4 Å². The van der Waals surface area contributed by atoms with Crippen LogP contribution in [0.2, 0.25) is 0 Å². The normalized spacial score (nSPS) is 13.1. The number of ketones is 1. The molecule has 0 aliphatic heterocycles. The molecule has 186 valence electrons. The molecule has 0 amide bonds. The van der Waals surface area contributed by atoms with Gasteiger partial charge in [0.2, 0.25) is 5.82 Å². The summed E-state index contributed by atoms with van der Waals surface area (Å²) in [7, 11) is 0. The maximum atomic E-state index is 15.4. The number of nitrogens with zero attached hydrogens (tertiary/aromatic N) is 4. The van der Waals surface area contributed by atoms with Crippen LogP contribution in [0.15, 0.2) is 54.9 Å². The lowest BCUT2D eigenvalue weighted by Crippen LogP contribution is -2.27. The zero-order valence-corrected chi connectivity index (χ0v) is 19.0. The van der Waals surface area contributed by atoms with Gasteiger partial charge < -0.3 is 15.5 Å². The van der Waals surface area contributed by atoms with Crippen molar-refractivity contribution in [1.82, 2.24) is 15.3 Å². The van der Waals surface area contributed by atoms with Crippen molar-refractivity contribution in [2.45, 2.75) is 38.1 Å². The molecule has 11 heteroatoms. The first-order valence-corrected chi connectivity index (χ1v) is 11.2. The van der Waals surface area contributed by atoms with Gasteiger partial charge in [-0.15, -0.1) is 0 Å². The third kappa shape index (κ3) is 6.07. The van der Waals surface area contributed by atoms with Crippen molar-refractivity contribution >= 4 is 17.4 Å². The van der Waals surface area contributed by atoms with E-state index in [-0.39, 0.29) is 43.1 Å². The van der Waals surface area contributed by atoms with Gasteiger partial charge in [-0.05, 0) is 36.1 Å². The zero-order valence-electron chi connectivity index (χ0n) is 19.0. The Hall–Kier alpha value is -4.20. The van der Waals surface area contributed by atoms with E-state index in [4.69, 9.17) is 5.26 Å². The third-order valence-electron chi connectivity index (χ3n) is 5.73. The lowest BCUT2D eigenvalue weighted by molar-refractivity contribution is -0.137. The van der Waals surface area contributed by atoms with E-state index in [0.717, 1.165) is 30.5 Å². The van der Waals surface area contributed by atoms with Gasteiger partial charge in [0.05, 0.1) is 12.1 Å². The molecule has 0 spiro atoms. The quantitative estimate of drug-likeness (QED) is 0.182. The first-order chi connectivity index (χ1) is 17.3. The lowest BCUT2D eigenvalue weighted by atomic mass is 10.1. The van der Waals surface area contributed by atoms with Crippen LogP contribution < -0.4 is 15.5 Å². The predicted molar refractivity (Wildman–Crippen MR) is 124 cm³/mol. The highest BCUT2D eigenvalue weighted by atomic mass is 19.4. The maximum Gasteiger partial charge on any atom is 0.416 e. The van der Waals surface area contributed by atoms with Gasteiger partial charge in [0.15, 0.2) is 23.6 Å². The number of anilines is 2. The molecular formula is C25H22F4N6O. The monoisotopic (exact) mass is 498 g/mol. The summed E-state index contributed by atoms with van der Waals surface area (Å²) in [6, 6.07) is 11.5. The maximum absolute atomic E-state index is 15.4. The van der Waals surface area contributed by atoms with Crippen LogP contribution in [-0.2, 0) is 19.3 Å². The van der Waals surface area contributed by atoms with Gasteiger partial charge in [0.25, 0.3) is 0 Å². The van der Waals surface area contributed by atoms with Gasteiger partial charge in [0, 0.05) is 24.7 Å². The van der Waals surface area contributed by atoms with Gasteiger partial charge in [-0.2, -0.15) is 22.8 Å². The average Bonchev–Trinajstić information content (AvgIpc) is 3.71. The van der Waals surface area contributed by atoms with E-state index < -0.39 is 17.6 Å². The highest BCUT2D eigenvalue weighted by Gasteiger charge is 2.33. The number of alkyl halides is 3. The number of hydrogen-bond donors (Lipinski definition) is 2. The number of benzene rings is 2. The lowest BCUT2D eigenvalue weighted by Gasteiger charge is -2.24. The standard InChI is InChI=1S/C25H22F4N6O/c26-22-23(32-11-16-1-5-18(6-2-16)21(36)12-31-14-30)33-15-34-24(22)35(20-9-10-20)13-17-3-7-19(8-4-17)25(27,28)29/h1-8,15,20,31H,9-13H2,(H,32,33,34). The molecule has 1 saturated carbocycles. The van der Waals surface area contributed by atoms with Crippen LogP contribution in [0.25, 0.3) is 0 Å². The third-order valence-corrected chi connectivity index (χ3v) is 5.73. The number of carbonyl (C=O) groups excluding carboxylic acids is 1. The molecule has 7 nitrogen and oxygen atoms in total. The van der Waals surface area contributed by atoms with Crippen LogP contribution in [0.5, 0.6) is 0 Å². The summed E-state index contributed by atoms with van der Waals surface area (Å²) in [5.74, 6) is -0.793. The Kier molecular flexibility index (Phi) is 7.33. The molecule has 1 fully saturated rings. The number of rotatable bonds is 10. The van der Waals surface area contributed by atoms with E-state index in [9.17, 15) is 18.0 Å². The molecular weight excluding hydrogens is 476 g/mol. The number of halogens is 4. The van der Waals surface area contributed by atoms with Gasteiger partial charge in [-0.25, -0.2) is 9.97 Å². The Bertz CT molecular complexity index is 1250. The van der Waals surface area contributed by atoms with Crippen LogP contribution in [-0.4, -0.2) is 28.3 Å². The number of nitrogens with one attached hydrogen (secondary N) is 2. The van der Waals surface area contributed by atoms with Gasteiger partial charge in [-0.1, -0.05) is 36.4 Å². The second-order valence-corrected chi connectivity index (χ2v) is 8.35. The molecule has 1 aromatic heterocycles. The van der Waals surface area contributed by atoms with Crippen LogP contribution in [0, 0.1) is 17.3 Å². The number of Topliss-reactive ketones (excluding diaryl/α,β-unsaturated/α-hetero) is 1. The van der Waals surface area contributed by atoms with Crippen LogP contribution >= 0.6 is 0 Å². The highest BCUT2D eigenvalue weighted by Crippen LogP contribution is 2.35. The summed E-state index contributed by atoms with van der Waals surface area (Å²) in [6.07, 6.45) is 0.190. The fraction of sp³-hybridized carbons (Fsp3) is 0.280. The average molecular weight is 498 g/mol. The second-order valence-electron chi connectivity index (χ2n) is 8.35. The number of hydrogen-bond acceptors (Lipinski definition) is 7. The molecule has 3 aromatic rings. The molecule has 36 heavy (non-hydrogen) atoms. The molecule has 2 N–H and O–H groups in total. The molecule has 1 aliphatic carbocycles. The summed E-state index contributed by atoms with van der Waals surface area (Å²) in [6.45, 7) is 0.361. The molecule has 2 aromatic carbocycles. The van der Waals surface area contributed by atoms with Crippen molar-refractivity contribution in [3.63, 3.8) is 0 Å². The van der Waals surface area contributed by atoms with Gasteiger partial charge >= 0.3 is 6.18 Å². The van der Waals surface area contributed by atoms with E-state index in [2.05, 4.69) is 20.6 Å². The number of nitriles is 1. The SMILES string of the molecule is N#CNCC(=O)c1ccc(CNc2ncnc(N(Cc3ccc(C(F)(F)F)cc3)C3CC3)c2F)cc1. The van der Waals surface area contributed by atoms with E-state index in [0.29, 0.717) is 11.1 Å². The molecule has 4 rings (SSSR count). The summed E-state index contributed by atoms with van der Waals surface area (Å²) in [4.78, 5) is 21.8. The molecule has 0 unspecified atom stereocenters. The largest absolute Gasteiger partial charge is 0.416 e. The van der Waals surface area contributed by atoms with Gasteiger partial charge in [0.1, 0.15) is 6.33 Å². The fourth-order valence-corrected chi connectivity index (χ4v) is 3.66. The molecule has 0 atom stereocenters. The highest BCUT2D eigenvalue weighted by molar-refractivity contribution is 5.97. The van der Waals surface area contributed by atoms with E-state index in [1.165, 1.54) is 18.5 Å². The molecule has 0 radical (unpaired) electrons. The Balaban J connectivity index is 1.45. The Morgan fingerprint density at radius 2 is 1.72 bits per heavy atom. The summed E-state index contributed by atoms with van der Waals surface area (Å²) >= 11 is 0. The first kappa shape index (κ1) is 24.9. The van der Waals surface area contributed by atoms with E-state index in [1.807, 2.05) is 0 Å². The molecule has 0 saturated heterocycles. The predicted octanol–water partition coefficient (Wildman–Crippen LogP) is 4.67. The molecule has 0 bridgehead atoms. The summed E-state index contributed by atoms with van der Waals surface area (Å²) in [5.41, 5.74) is 1.10. The first-order valence-electron chi connectivity index (χ1n) is 11.2. The van der Waals surface area contributed by atoms with Crippen LogP contribution in [0.3, 0.4) is 0 Å². The summed E-state index contributed by atoms with van der Waals surface area (Å²) in [5, 5.41) is 13.7. The topological polar surface area (TPSA) is 93.9 Å². The second kappa shape index (κ2) is 10.6. The van der Waals surface area contributed by atoms with Crippen molar-refractivity contribution < 1.29 is 22.4 Å². The molecule has 1 heterocycles. The minimum atomic E-state index is -4.42. The van der Waals surface area contributed by atoms with Gasteiger partial charge in [-0.3, -0.25) is 4.79 Å². The number of aromatic nitrogens is 2. The summed E-state index contributed by atoms with van der Waals surface area (Å²) < 4.78 is 54.0. The Morgan fingerprint density at radius 1 is 1.06 bits per heavy atom. The van der Waals surface area contributed by atoms with Crippen molar-refractivity contribution in [2.24, 2.45) is 0 Å². The van der Waals surface area contributed by atoms with Crippen molar-refractivity contribution in [3.8, 4) is 6.19 Å². The Morgan fingerprint density at radius 3 is 2.33 bits per heavy atom.